The monoisotopic (exact) mass is 380 g/mol. The summed E-state index contributed by atoms with van der Waals surface area (Å²) in [5, 5.41) is 0. The summed E-state index contributed by atoms with van der Waals surface area (Å²) in [6.45, 7) is 21.7. The first-order chi connectivity index (χ1) is 12.6. The van der Waals surface area contributed by atoms with Gasteiger partial charge in [0.05, 0.1) is 8.07 Å². The van der Waals surface area contributed by atoms with Gasteiger partial charge < -0.3 is 0 Å². The zero-order valence-electron chi connectivity index (χ0n) is 19.2. The lowest BCUT2D eigenvalue weighted by Crippen LogP contribution is -2.45. The van der Waals surface area contributed by atoms with Crippen LogP contribution in [0, 0.1) is 83.6 Å². The molecule has 3 fully saturated rings. The molecule has 0 aromatic rings. The molecule has 0 aliphatic heterocycles. The smallest absolute Gasteiger partial charge is 0.0626 e. The highest BCUT2D eigenvalue weighted by atomic mass is 28.3. The molecule has 0 saturated heterocycles. The third-order valence-corrected chi connectivity index (χ3v) is 11.8. The third-order valence-electron chi connectivity index (χ3n) is 8.01. The fraction of sp³-hybridized carbons (Fsp3) is 0.615. The molecule has 10 radical (unpaired) electrons. The summed E-state index contributed by atoms with van der Waals surface area (Å²) in [4.78, 5) is 0. The fourth-order valence-electron chi connectivity index (χ4n) is 5.97. The molecule has 3 aliphatic rings. The van der Waals surface area contributed by atoms with Crippen molar-refractivity contribution in [2.75, 3.05) is 0 Å². The maximum atomic E-state index is 2.61. The maximum absolute atomic E-state index is 2.61. The van der Waals surface area contributed by atoms with Crippen LogP contribution in [-0.4, -0.2) is 8.07 Å². The second-order valence-corrected chi connectivity index (χ2v) is 14.7. The van der Waals surface area contributed by atoms with Crippen molar-refractivity contribution >= 4 is 8.07 Å². The minimum absolute atomic E-state index is 0.762. The molecule has 3 rings (SSSR count). The SMILES string of the molecule is C[C]1[C](C)[C](C)[C]([Si](C)(C)[C]2[CH][CH][C]([C@@H]3C[C@H](C)CC[C@H]3C(C)C)[CH]2)[C]1C. The summed E-state index contributed by atoms with van der Waals surface area (Å²) in [7, 11) is -1.66. The predicted molar refractivity (Wildman–Crippen MR) is 121 cm³/mol. The number of hydrogen-bond acceptors (Lipinski definition) is 0. The molecule has 0 nitrogen and oxygen atoms in total. The quantitative estimate of drug-likeness (QED) is 0.451. The third kappa shape index (κ3) is 3.97. The molecule has 0 amide bonds. The lowest BCUT2D eigenvalue weighted by Gasteiger charge is -2.42. The first kappa shape index (κ1) is 21.9. The van der Waals surface area contributed by atoms with Gasteiger partial charge in [0.25, 0.3) is 0 Å². The summed E-state index contributed by atoms with van der Waals surface area (Å²) in [5.41, 5.74) is 3.32. The summed E-state index contributed by atoms with van der Waals surface area (Å²) in [6, 6.07) is 0. The van der Waals surface area contributed by atoms with E-state index in [9.17, 15) is 0 Å². The average molecular weight is 381 g/mol. The number of hydrogen-bond donors (Lipinski definition) is 0. The van der Waals surface area contributed by atoms with Gasteiger partial charge in [-0.25, -0.2) is 0 Å². The van der Waals surface area contributed by atoms with E-state index in [0.29, 0.717) is 0 Å². The van der Waals surface area contributed by atoms with E-state index in [1.807, 2.05) is 0 Å². The van der Waals surface area contributed by atoms with E-state index in [1.165, 1.54) is 31.1 Å². The zero-order valence-corrected chi connectivity index (χ0v) is 20.2. The van der Waals surface area contributed by atoms with Gasteiger partial charge in [-0.1, -0.05) is 68.0 Å². The normalized spacial score (nSPS) is 35.1. The van der Waals surface area contributed by atoms with Crippen molar-refractivity contribution in [1.29, 1.82) is 0 Å². The average Bonchev–Trinajstić information content (AvgIpc) is 3.16. The Morgan fingerprint density at radius 1 is 0.889 bits per heavy atom. The van der Waals surface area contributed by atoms with Crippen LogP contribution in [0.4, 0.5) is 0 Å². The minimum atomic E-state index is -1.66. The molecule has 3 aliphatic carbocycles. The molecule has 0 spiro atoms. The van der Waals surface area contributed by atoms with Crippen molar-refractivity contribution in [3.8, 4) is 0 Å². The molecule has 27 heavy (non-hydrogen) atoms. The second kappa shape index (κ2) is 8.15. The van der Waals surface area contributed by atoms with Gasteiger partial charge in [0.2, 0.25) is 0 Å². The number of rotatable bonds is 4. The Bertz CT molecular complexity index is 480. The fourth-order valence-corrected chi connectivity index (χ4v) is 9.53. The van der Waals surface area contributed by atoms with Crippen LogP contribution >= 0.6 is 0 Å². The van der Waals surface area contributed by atoms with E-state index in [1.54, 1.807) is 28.8 Å². The largest absolute Gasteiger partial charge is 0.0685 e. The first-order valence-electron chi connectivity index (χ1n) is 11.1. The van der Waals surface area contributed by atoms with Crippen molar-refractivity contribution in [2.45, 2.75) is 80.8 Å². The van der Waals surface area contributed by atoms with Crippen LogP contribution in [0.5, 0.6) is 0 Å². The Kier molecular flexibility index (Phi) is 6.62. The second-order valence-electron chi connectivity index (χ2n) is 10.4. The molecular weight excluding hydrogens is 340 g/mol. The minimum Gasteiger partial charge on any atom is -0.0685 e. The van der Waals surface area contributed by atoms with Crippen LogP contribution < -0.4 is 0 Å². The summed E-state index contributed by atoms with van der Waals surface area (Å²) < 4.78 is 0. The van der Waals surface area contributed by atoms with Crippen LogP contribution in [-0.2, 0) is 0 Å². The van der Waals surface area contributed by atoms with E-state index >= 15 is 0 Å². The lowest BCUT2D eigenvalue weighted by atomic mass is 9.65. The van der Waals surface area contributed by atoms with Crippen molar-refractivity contribution < 1.29 is 0 Å². The molecule has 0 unspecified atom stereocenters. The Labute approximate surface area is 172 Å². The zero-order chi connectivity index (χ0) is 20.1. The van der Waals surface area contributed by atoms with Gasteiger partial charge in [-0.3, -0.25) is 0 Å². The summed E-state index contributed by atoms with van der Waals surface area (Å²) in [5.74, 6) is 11.0. The molecule has 1 heteroatoms. The van der Waals surface area contributed by atoms with Crippen LogP contribution in [0.2, 0.25) is 13.1 Å². The van der Waals surface area contributed by atoms with Gasteiger partial charge >= 0.3 is 0 Å². The van der Waals surface area contributed by atoms with Crippen molar-refractivity contribution in [2.24, 2.45) is 23.7 Å². The Hall–Kier alpha value is 0.217. The van der Waals surface area contributed by atoms with Gasteiger partial charge in [-0.05, 0) is 96.4 Å². The molecule has 3 atom stereocenters. The molecular formula is C26H40Si. The van der Waals surface area contributed by atoms with Gasteiger partial charge in [-0.15, -0.1) is 0 Å². The van der Waals surface area contributed by atoms with E-state index in [4.69, 9.17) is 0 Å². The van der Waals surface area contributed by atoms with E-state index in [2.05, 4.69) is 80.8 Å². The van der Waals surface area contributed by atoms with Crippen molar-refractivity contribution in [3.05, 3.63) is 59.9 Å². The highest BCUT2D eigenvalue weighted by Crippen LogP contribution is 2.59. The van der Waals surface area contributed by atoms with Gasteiger partial charge in [-0.2, -0.15) is 0 Å². The predicted octanol–water partition coefficient (Wildman–Crippen LogP) is 7.22. The molecule has 0 aromatic carbocycles. The van der Waals surface area contributed by atoms with Gasteiger partial charge in [0.1, 0.15) is 0 Å². The van der Waals surface area contributed by atoms with Crippen LogP contribution in [0.25, 0.3) is 0 Å². The van der Waals surface area contributed by atoms with E-state index in [-0.39, 0.29) is 0 Å². The van der Waals surface area contributed by atoms with Gasteiger partial charge in [0, 0.05) is 0 Å². The molecule has 0 bridgehead atoms. The molecule has 148 valence electrons. The summed E-state index contributed by atoms with van der Waals surface area (Å²) >= 11 is 0. The highest BCUT2D eigenvalue weighted by Gasteiger charge is 2.55. The Morgan fingerprint density at radius 2 is 1.48 bits per heavy atom. The molecule has 0 aromatic heterocycles. The van der Waals surface area contributed by atoms with Crippen LogP contribution in [0.15, 0.2) is 0 Å². The molecule has 0 heterocycles. The van der Waals surface area contributed by atoms with E-state index in [0.717, 1.165) is 23.7 Å². The Balaban J connectivity index is 1.72. The van der Waals surface area contributed by atoms with Crippen LogP contribution in [0.3, 0.4) is 0 Å². The van der Waals surface area contributed by atoms with Gasteiger partial charge in [0.15, 0.2) is 0 Å². The van der Waals surface area contributed by atoms with Crippen LogP contribution in [0.1, 0.15) is 67.7 Å². The lowest BCUT2D eigenvalue weighted by molar-refractivity contribution is 0.159. The van der Waals surface area contributed by atoms with Crippen molar-refractivity contribution in [1.82, 2.24) is 0 Å². The maximum Gasteiger partial charge on any atom is 0.0626 e. The Morgan fingerprint density at radius 3 is 2.04 bits per heavy atom. The topological polar surface area (TPSA) is 0 Å². The molecule has 3 saturated carbocycles. The highest BCUT2D eigenvalue weighted by molar-refractivity contribution is 6.90. The first-order valence-corrected chi connectivity index (χ1v) is 14.1. The molecule has 0 N–H and O–H groups in total. The summed E-state index contributed by atoms with van der Waals surface area (Å²) in [6.07, 6.45) is 11.8. The van der Waals surface area contributed by atoms with E-state index < -0.39 is 8.07 Å². The standard InChI is InChI=1S/C26H40Si/c1-16(2)24-13-10-17(3)14-25(24)22-11-12-23(15-22)27(8,9)26-20(6)18(4)19(5)21(26)7/h11-12,15-17,24-25H,10,13-14H2,1-9H3/t17-,24+,25+/m1/s1. The van der Waals surface area contributed by atoms with Crippen molar-refractivity contribution in [3.63, 3.8) is 0 Å².